The third-order valence-corrected chi connectivity index (χ3v) is 2.14. The minimum Gasteiger partial charge on any atom is -0.466 e. The number of ether oxygens (including phenoxy) is 1. The Bertz CT molecular complexity index is 155. The molecule has 0 heterocycles. The summed E-state index contributed by atoms with van der Waals surface area (Å²) in [5.41, 5.74) is 0. The van der Waals surface area contributed by atoms with Crippen LogP contribution in [0.25, 0.3) is 0 Å². The van der Waals surface area contributed by atoms with Crippen LogP contribution in [0, 0.1) is 0 Å². The van der Waals surface area contributed by atoms with Gasteiger partial charge in [0.2, 0.25) is 0 Å². The highest BCUT2D eigenvalue weighted by atomic mass is 16.5. The standard InChI is InChI=1S/C9H17NO2/c1-3-12-9(11)6-7-10(2)8-4-5-8/h8H,3-7H2,1-2H3. The van der Waals surface area contributed by atoms with Gasteiger partial charge in [-0.3, -0.25) is 4.79 Å². The fraction of sp³-hybridized carbons (Fsp3) is 0.889. The predicted molar refractivity (Wildman–Crippen MR) is 46.9 cm³/mol. The number of rotatable bonds is 5. The molecule has 0 radical (unpaired) electrons. The van der Waals surface area contributed by atoms with Crippen LogP contribution in [0.5, 0.6) is 0 Å². The quantitative estimate of drug-likeness (QED) is 0.579. The molecule has 0 aromatic carbocycles. The second-order valence-electron chi connectivity index (χ2n) is 3.27. The first-order valence-electron chi connectivity index (χ1n) is 4.60. The summed E-state index contributed by atoms with van der Waals surface area (Å²) < 4.78 is 4.83. The number of nitrogens with zero attached hydrogens (tertiary/aromatic N) is 1. The monoisotopic (exact) mass is 171 g/mol. The van der Waals surface area contributed by atoms with Crippen LogP contribution in [0.2, 0.25) is 0 Å². The lowest BCUT2D eigenvalue weighted by atomic mass is 10.4. The van der Waals surface area contributed by atoms with Crippen molar-refractivity contribution < 1.29 is 9.53 Å². The Hall–Kier alpha value is -0.570. The fourth-order valence-electron chi connectivity index (χ4n) is 1.20. The normalized spacial score (nSPS) is 16.6. The zero-order valence-electron chi connectivity index (χ0n) is 7.88. The van der Waals surface area contributed by atoms with Gasteiger partial charge in [-0.2, -0.15) is 0 Å². The van der Waals surface area contributed by atoms with E-state index >= 15 is 0 Å². The average Bonchev–Trinajstić information content (AvgIpc) is 2.83. The van der Waals surface area contributed by atoms with Gasteiger partial charge in [0.25, 0.3) is 0 Å². The third kappa shape index (κ3) is 3.22. The van der Waals surface area contributed by atoms with Crippen molar-refractivity contribution in [1.82, 2.24) is 4.90 Å². The minimum atomic E-state index is -0.0787. The highest BCUT2D eigenvalue weighted by Crippen LogP contribution is 2.25. The number of carbonyl (C=O) groups is 1. The van der Waals surface area contributed by atoms with E-state index in [1.165, 1.54) is 12.8 Å². The molecular formula is C9H17NO2. The van der Waals surface area contributed by atoms with Gasteiger partial charge < -0.3 is 9.64 Å². The van der Waals surface area contributed by atoms with Gasteiger partial charge in [0, 0.05) is 12.6 Å². The molecule has 70 valence electrons. The Morgan fingerprint density at radius 1 is 1.58 bits per heavy atom. The first kappa shape index (κ1) is 9.52. The van der Waals surface area contributed by atoms with Gasteiger partial charge in [0.1, 0.15) is 0 Å². The molecule has 1 aliphatic carbocycles. The van der Waals surface area contributed by atoms with E-state index < -0.39 is 0 Å². The molecule has 0 N–H and O–H groups in total. The lowest BCUT2D eigenvalue weighted by Gasteiger charge is -2.14. The fourth-order valence-corrected chi connectivity index (χ4v) is 1.20. The molecule has 0 aromatic rings. The summed E-state index contributed by atoms with van der Waals surface area (Å²) in [5.74, 6) is -0.0787. The van der Waals surface area contributed by atoms with Crippen LogP contribution in [0.15, 0.2) is 0 Å². The van der Waals surface area contributed by atoms with E-state index in [1.54, 1.807) is 0 Å². The molecule has 1 aliphatic rings. The van der Waals surface area contributed by atoms with Crippen molar-refractivity contribution in [3.05, 3.63) is 0 Å². The van der Waals surface area contributed by atoms with E-state index in [2.05, 4.69) is 11.9 Å². The molecule has 0 atom stereocenters. The number of hydrogen-bond acceptors (Lipinski definition) is 3. The van der Waals surface area contributed by atoms with Gasteiger partial charge in [0.15, 0.2) is 0 Å². The second kappa shape index (κ2) is 4.45. The van der Waals surface area contributed by atoms with Gasteiger partial charge >= 0.3 is 5.97 Å². The van der Waals surface area contributed by atoms with Crippen molar-refractivity contribution in [2.75, 3.05) is 20.2 Å². The molecule has 0 aromatic heterocycles. The molecule has 3 heteroatoms. The molecule has 1 saturated carbocycles. The zero-order chi connectivity index (χ0) is 8.97. The van der Waals surface area contributed by atoms with Crippen LogP contribution in [0.3, 0.4) is 0 Å². The summed E-state index contributed by atoms with van der Waals surface area (Å²) in [4.78, 5) is 13.2. The Kier molecular flexibility index (Phi) is 3.53. The van der Waals surface area contributed by atoms with Gasteiger partial charge in [-0.1, -0.05) is 0 Å². The molecule has 0 bridgehead atoms. The Balaban J connectivity index is 2.03. The smallest absolute Gasteiger partial charge is 0.307 e. The van der Waals surface area contributed by atoms with Crippen molar-refractivity contribution in [1.29, 1.82) is 0 Å². The Labute approximate surface area is 73.7 Å². The summed E-state index contributed by atoms with van der Waals surface area (Å²) >= 11 is 0. The van der Waals surface area contributed by atoms with E-state index in [0.29, 0.717) is 13.0 Å². The SMILES string of the molecule is CCOC(=O)CCN(C)C1CC1. The maximum absolute atomic E-state index is 10.9. The minimum absolute atomic E-state index is 0.0787. The van der Waals surface area contributed by atoms with Crippen LogP contribution < -0.4 is 0 Å². The van der Waals surface area contributed by atoms with Crippen molar-refractivity contribution in [2.45, 2.75) is 32.2 Å². The number of hydrogen-bond donors (Lipinski definition) is 0. The van der Waals surface area contributed by atoms with Crippen molar-refractivity contribution >= 4 is 5.97 Å². The van der Waals surface area contributed by atoms with E-state index in [0.717, 1.165) is 12.6 Å². The lowest BCUT2D eigenvalue weighted by molar-refractivity contribution is -0.143. The van der Waals surface area contributed by atoms with E-state index in [9.17, 15) is 4.79 Å². The Morgan fingerprint density at radius 3 is 2.75 bits per heavy atom. The molecule has 1 rings (SSSR count). The first-order valence-corrected chi connectivity index (χ1v) is 4.60. The summed E-state index contributed by atoms with van der Waals surface area (Å²) in [6, 6.07) is 0.736. The number of esters is 1. The van der Waals surface area contributed by atoms with Crippen molar-refractivity contribution in [3.8, 4) is 0 Å². The van der Waals surface area contributed by atoms with Gasteiger partial charge in [-0.05, 0) is 26.8 Å². The topological polar surface area (TPSA) is 29.5 Å². The average molecular weight is 171 g/mol. The number of carbonyl (C=O) groups excluding carboxylic acids is 1. The molecule has 0 unspecified atom stereocenters. The Morgan fingerprint density at radius 2 is 2.25 bits per heavy atom. The van der Waals surface area contributed by atoms with E-state index in [1.807, 2.05) is 6.92 Å². The van der Waals surface area contributed by atoms with Crippen LogP contribution in [-0.4, -0.2) is 37.1 Å². The maximum atomic E-state index is 10.9. The molecule has 0 aliphatic heterocycles. The molecule has 12 heavy (non-hydrogen) atoms. The van der Waals surface area contributed by atoms with Crippen molar-refractivity contribution in [3.63, 3.8) is 0 Å². The highest BCUT2D eigenvalue weighted by Gasteiger charge is 2.25. The summed E-state index contributed by atoms with van der Waals surface area (Å²) in [6.07, 6.45) is 3.11. The van der Waals surface area contributed by atoms with Crippen LogP contribution >= 0.6 is 0 Å². The molecule has 0 spiro atoms. The molecule has 1 fully saturated rings. The summed E-state index contributed by atoms with van der Waals surface area (Å²) in [6.45, 7) is 3.16. The summed E-state index contributed by atoms with van der Waals surface area (Å²) in [7, 11) is 2.07. The highest BCUT2D eigenvalue weighted by molar-refractivity contribution is 5.69. The maximum Gasteiger partial charge on any atom is 0.307 e. The lowest BCUT2D eigenvalue weighted by Crippen LogP contribution is -2.24. The molecular weight excluding hydrogens is 154 g/mol. The largest absolute Gasteiger partial charge is 0.466 e. The van der Waals surface area contributed by atoms with Crippen LogP contribution in [0.1, 0.15) is 26.2 Å². The van der Waals surface area contributed by atoms with Gasteiger partial charge in [-0.15, -0.1) is 0 Å². The van der Waals surface area contributed by atoms with E-state index in [-0.39, 0.29) is 5.97 Å². The second-order valence-corrected chi connectivity index (χ2v) is 3.27. The van der Waals surface area contributed by atoms with Crippen LogP contribution in [-0.2, 0) is 9.53 Å². The van der Waals surface area contributed by atoms with Gasteiger partial charge in [0.05, 0.1) is 13.0 Å². The molecule has 0 saturated heterocycles. The van der Waals surface area contributed by atoms with Gasteiger partial charge in [-0.25, -0.2) is 0 Å². The van der Waals surface area contributed by atoms with Crippen LogP contribution in [0.4, 0.5) is 0 Å². The van der Waals surface area contributed by atoms with Crippen molar-refractivity contribution in [2.24, 2.45) is 0 Å². The van der Waals surface area contributed by atoms with E-state index in [4.69, 9.17) is 4.74 Å². The molecule has 3 nitrogen and oxygen atoms in total. The first-order chi connectivity index (χ1) is 5.74. The third-order valence-electron chi connectivity index (χ3n) is 2.14. The molecule has 0 amide bonds. The predicted octanol–water partition coefficient (Wildman–Crippen LogP) is 1.03. The summed E-state index contributed by atoms with van der Waals surface area (Å²) in [5, 5.41) is 0. The zero-order valence-corrected chi connectivity index (χ0v) is 7.88.